The van der Waals surface area contributed by atoms with Crippen molar-refractivity contribution in [3.8, 4) is 22.5 Å². The van der Waals surface area contributed by atoms with Crippen LogP contribution >= 0.6 is 0 Å². The molecule has 0 spiro atoms. The van der Waals surface area contributed by atoms with Gasteiger partial charge >= 0.3 is 5.76 Å². The molecule has 0 aliphatic rings. The first-order valence-electron chi connectivity index (χ1n) is 14.9. The van der Waals surface area contributed by atoms with Crippen LogP contribution in [0, 0.1) is 13.8 Å². The molecule has 1 atom stereocenters. The topological polar surface area (TPSA) is 92.9 Å². The lowest BCUT2D eigenvalue weighted by molar-refractivity contribution is 0.0940. The summed E-state index contributed by atoms with van der Waals surface area (Å²) in [4.78, 5) is 27.5. The molecule has 44 heavy (non-hydrogen) atoms. The third kappa shape index (κ3) is 5.61. The van der Waals surface area contributed by atoms with E-state index in [4.69, 9.17) is 4.52 Å². The molecule has 6 aromatic rings. The fraction of sp³-hybridized carbons (Fsp3) is 0.216. The zero-order valence-corrected chi connectivity index (χ0v) is 25.6. The van der Waals surface area contributed by atoms with Crippen LogP contribution in [0.15, 0.2) is 100 Å². The Labute approximate surface area is 256 Å². The molecule has 0 unspecified atom stereocenters. The molecule has 222 valence electrons. The van der Waals surface area contributed by atoms with E-state index in [0.29, 0.717) is 23.9 Å². The number of hydrogen-bond acceptors (Lipinski definition) is 4. The van der Waals surface area contributed by atoms with Crippen molar-refractivity contribution in [3.05, 3.63) is 135 Å². The minimum Gasteiger partial charge on any atom is -0.346 e. The Balaban J connectivity index is 1.23. The van der Waals surface area contributed by atoms with Gasteiger partial charge < -0.3 is 9.88 Å². The average molecular weight is 585 g/mol. The zero-order valence-electron chi connectivity index (χ0n) is 25.6. The molecule has 7 nitrogen and oxygen atoms in total. The van der Waals surface area contributed by atoms with Gasteiger partial charge in [0.2, 0.25) is 0 Å². The average Bonchev–Trinajstić information content (AvgIpc) is 3.57. The molecule has 6 rings (SSSR count). The number of H-pyrrole nitrogens is 1. The molecule has 0 aliphatic heterocycles. The van der Waals surface area contributed by atoms with Crippen LogP contribution in [0.5, 0.6) is 0 Å². The van der Waals surface area contributed by atoms with Crippen LogP contribution in [0.3, 0.4) is 0 Å². The van der Waals surface area contributed by atoms with E-state index in [9.17, 15) is 9.59 Å². The maximum absolute atomic E-state index is 13.3. The Kier molecular flexibility index (Phi) is 7.78. The van der Waals surface area contributed by atoms with Crippen LogP contribution in [-0.4, -0.2) is 20.6 Å². The van der Waals surface area contributed by atoms with Gasteiger partial charge in [-0.05, 0) is 78.3 Å². The van der Waals surface area contributed by atoms with Crippen molar-refractivity contribution >= 4 is 16.8 Å². The summed E-state index contributed by atoms with van der Waals surface area (Å²) in [5, 5.41) is 8.13. The molecule has 0 bridgehead atoms. The highest BCUT2D eigenvalue weighted by atomic mass is 16.5. The summed E-state index contributed by atoms with van der Waals surface area (Å²) < 4.78 is 7.02. The third-order valence-electron chi connectivity index (χ3n) is 8.55. The van der Waals surface area contributed by atoms with Crippen LogP contribution in [0.2, 0.25) is 0 Å². The summed E-state index contributed by atoms with van der Waals surface area (Å²) in [6.07, 6.45) is 0. The van der Waals surface area contributed by atoms with Gasteiger partial charge in [0.25, 0.3) is 5.91 Å². The highest BCUT2D eigenvalue weighted by Gasteiger charge is 2.17. The maximum Gasteiger partial charge on any atom is 0.439 e. The van der Waals surface area contributed by atoms with Crippen molar-refractivity contribution in [2.45, 2.75) is 53.1 Å². The summed E-state index contributed by atoms with van der Waals surface area (Å²) >= 11 is 0. The Morgan fingerprint density at radius 1 is 0.886 bits per heavy atom. The van der Waals surface area contributed by atoms with Gasteiger partial charge in [-0.25, -0.2) is 4.79 Å². The van der Waals surface area contributed by atoms with Gasteiger partial charge in [0.15, 0.2) is 5.82 Å². The van der Waals surface area contributed by atoms with Crippen molar-refractivity contribution in [3.63, 3.8) is 0 Å². The molecule has 2 aromatic heterocycles. The van der Waals surface area contributed by atoms with Crippen LogP contribution in [0.25, 0.3) is 33.4 Å². The van der Waals surface area contributed by atoms with Crippen molar-refractivity contribution in [1.82, 2.24) is 20.0 Å². The quantitative estimate of drug-likeness (QED) is 0.190. The van der Waals surface area contributed by atoms with Crippen molar-refractivity contribution in [1.29, 1.82) is 0 Å². The van der Waals surface area contributed by atoms with Gasteiger partial charge in [-0.15, -0.1) is 0 Å². The van der Waals surface area contributed by atoms with Gasteiger partial charge in [0.1, 0.15) is 0 Å². The lowest BCUT2D eigenvalue weighted by Gasteiger charge is -2.16. The van der Waals surface area contributed by atoms with Crippen LogP contribution in [0.4, 0.5) is 0 Å². The van der Waals surface area contributed by atoms with Gasteiger partial charge in [-0.3, -0.25) is 14.3 Å². The standard InChI is InChI=1S/C37H36N4O3/c1-22(2)28-9-8-10-29(19-28)24(4)38-36(42)30-17-18-34-33(20-30)23(3)25(5)41(34)21-26-13-15-27(16-14-26)31-11-6-7-12-32(31)35-39-37(43)44-40-35/h6-20,22,24H,21H2,1-5H3,(H,38,42)(H,39,40,43)/t24-/m0/s1. The molecule has 0 saturated carbocycles. The summed E-state index contributed by atoms with van der Waals surface area (Å²) in [5.74, 6) is 0.180. The first-order chi connectivity index (χ1) is 21.2. The number of aryl methyl sites for hydroxylation is 1. The molecule has 1 amide bonds. The van der Waals surface area contributed by atoms with Crippen molar-refractivity contribution < 1.29 is 9.32 Å². The fourth-order valence-electron chi connectivity index (χ4n) is 5.81. The van der Waals surface area contributed by atoms with E-state index in [0.717, 1.165) is 38.7 Å². The fourth-order valence-corrected chi connectivity index (χ4v) is 5.81. The monoisotopic (exact) mass is 584 g/mol. The Hall–Kier alpha value is -5.17. The molecule has 0 saturated heterocycles. The largest absolute Gasteiger partial charge is 0.439 e. The number of aromatic amines is 1. The van der Waals surface area contributed by atoms with E-state index in [1.54, 1.807) is 0 Å². The molecule has 0 radical (unpaired) electrons. The normalized spacial score (nSPS) is 12.1. The molecule has 2 heterocycles. The van der Waals surface area contributed by atoms with E-state index in [1.165, 1.54) is 16.8 Å². The van der Waals surface area contributed by atoms with Gasteiger partial charge in [-0.2, -0.15) is 0 Å². The number of nitrogens with zero attached hydrogens (tertiary/aromatic N) is 2. The van der Waals surface area contributed by atoms with Crippen LogP contribution in [0.1, 0.15) is 71.0 Å². The van der Waals surface area contributed by atoms with E-state index >= 15 is 0 Å². The molecule has 0 fully saturated rings. The lowest BCUT2D eigenvalue weighted by atomic mass is 9.98. The summed E-state index contributed by atoms with van der Waals surface area (Å²) in [6, 6.07) is 30.5. The minimum absolute atomic E-state index is 0.0790. The van der Waals surface area contributed by atoms with Gasteiger partial charge in [0, 0.05) is 34.3 Å². The van der Waals surface area contributed by atoms with Gasteiger partial charge in [0.05, 0.1) is 6.04 Å². The first-order valence-corrected chi connectivity index (χ1v) is 14.9. The molecule has 0 aliphatic carbocycles. The molecular weight excluding hydrogens is 548 g/mol. The minimum atomic E-state index is -0.579. The summed E-state index contributed by atoms with van der Waals surface area (Å²) in [6.45, 7) is 11.3. The van der Waals surface area contributed by atoms with E-state index in [2.05, 4.69) is 102 Å². The number of aromatic nitrogens is 3. The maximum atomic E-state index is 13.3. The SMILES string of the molecule is Cc1c(C)n(Cc2ccc(-c3ccccc3-c3noc(=O)[nH]3)cc2)c2ccc(C(=O)N[C@@H](C)c3cccc(C(C)C)c3)cc12. The first kappa shape index (κ1) is 28.9. The van der Waals surface area contributed by atoms with E-state index < -0.39 is 5.76 Å². The zero-order chi connectivity index (χ0) is 31.0. The summed E-state index contributed by atoms with van der Waals surface area (Å²) in [7, 11) is 0. The number of nitrogens with one attached hydrogen (secondary N) is 2. The lowest BCUT2D eigenvalue weighted by Crippen LogP contribution is -2.26. The van der Waals surface area contributed by atoms with Crippen molar-refractivity contribution in [2.24, 2.45) is 0 Å². The predicted octanol–water partition coefficient (Wildman–Crippen LogP) is 7.93. The number of hydrogen-bond donors (Lipinski definition) is 2. The Morgan fingerprint density at radius 2 is 1.61 bits per heavy atom. The predicted molar refractivity (Wildman–Crippen MR) is 175 cm³/mol. The Bertz CT molecular complexity index is 2030. The highest BCUT2D eigenvalue weighted by molar-refractivity contribution is 5.99. The molecule has 4 aromatic carbocycles. The second-order valence-electron chi connectivity index (χ2n) is 11.7. The van der Waals surface area contributed by atoms with Crippen LogP contribution in [-0.2, 0) is 6.54 Å². The second-order valence-corrected chi connectivity index (χ2v) is 11.7. The van der Waals surface area contributed by atoms with Crippen molar-refractivity contribution in [2.75, 3.05) is 0 Å². The molecule has 2 N–H and O–H groups in total. The van der Waals surface area contributed by atoms with E-state index in [-0.39, 0.29) is 11.9 Å². The number of amides is 1. The number of fused-ring (bicyclic) bond motifs is 1. The molecule has 7 heteroatoms. The number of carbonyl (C=O) groups is 1. The number of carbonyl (C=O) groups excluding carboxylic acids is 1. The molecular formula is C37H36N4O3. The second kappa shape index (κ2) is 11.8. The van der Waals surface area contributed by atoms with Gasteiger partial charge in [-0.1, -0.05) is 91.8 Å². The number of rotatable bonds is 8. The van der Waals surface area contributed by atoms with Crippen LogP contribution < -0.4 is 11.1 Å². The summed E-state index contributed by atoms with van der Waals surface area (Å²) in [5.41, 5.74) is 10.4. The Morgan fingerprint density at radius 3 is 2.32 bits per heavy atom. The van der Waals surface area contributed by atoms with E-state index in [1.807, 2.05) is 43.3 Å². The third-order valence-corrected chi connectivity index (χ3v) is 8.55. The number of benzene rings is 4. The smallest absolute Gasteiger partial charge is 0.346 e. The highest BCUT2D eigenvalue weighted by Crippen LogP contribution is 2.31.